The molecule has 1 aromatic rings. The lowest BCUT2D eigenvalue weighted by Gasteiger charge is -2.23. The standard InChI is InChI=1S/C13H17N3O/c1-8(2)12(17)16(13(14)15)11-7-5-6-9(3)10(11)4/h5-7H,1H2,2-4H3,(H3,14,15). The van der Waals surface area contributed by atoms with Gasteiger partial charge in [-0.25, -0.2) is 4.90 Å². The highest BCUT2D eigenvalue weighted by atomic mass is 16.2. The molecular formula is C13H17N3O. The van der Waals surface area contributed by atoms with Crippen molar-refractivity contribution < 1.29 is 4.79 Å². The Hall–Kier alpha value is -2.10. The highest BCUT2D eigenvalue weighted by Crippen LogP contribution is 2.23. The Bertz CT molecular complexity index is 491. The van der Waals surface area contributed by atoms with E-state index in [2.05, 4.69) is 6.58 Å². The topological polar surface area (TPSA) is 70.2 Å². The third-order valence-electron chi connectivity index (χ3n) is 2.63. The van der Waals surface area contributed by atoms with Crippen LogP contribution in [0.25, 0.3) is 0 Å². The zero-order chi connectivity index (χ0) is 13.2. The second-order valence-corrected chi connectivity index (χ2v) is 4.03. The van der Waals surface area contributed by atoms with Crippen LogP contribution in [-0.4, -0.2) is 11.9 Å². The Labute approximate surface area is 101 Å². The van der Waals surface area contributed by atoms with Gasteiger partial charge in [0.15, 0.2) is 5.96 Å². The fraction of sp³-hybridized carbons (Fsp3) is 0.231. The fourth-order valence-electron chi connectivity index (χ4n) is 1.52. The van der Waals surface area contributed by atoms with Gasteiger partial charge in [0.25, 0.3) is 5.91 Å². The number of anilines is 1. The van der Waals surface area contributed by atoms with Crippen molar-refractivity contribution in [3.63, 3.8) is 0 Å². The lowest BCUT2D eigenvalue weighted by molar-refractivity contribution is -0.114. The molecular weight excluding hydrogens is 214 g/mol. The highest BCUT2D eigenvalue weighted by Gasteiger charge is 2.21. The van der Waals surface area contributed by atoms with Crippen LogP contribution in [0.4, 0.5) is 5.69 Å². The van der Waals surface area contributed by atoms with E-state index in [0.29, 0.717) is 11.3 Å². The SMILES string of the molecule is C=C(C)C(=O)N(C(=N)N)c1cccc(C)c1C. The van der Waals surface area contributed by atoms with Gasteiger partial charge in [0.05, 0.1) is 5.69 Å². The first kappa shape index (κ1) is 13.0. The number of carbonyl (C=O) groups excluding carboxylic acids is 1. The van der Waals surface area contributed by atoms with Crippen molar-refractivity contribution in [3.8, 4) is 0 Å². The lowest BCUT2D eigenvalue weighted by Crippen LogP contribution is -2.42. The van der Waals surface area contributed by atoms with Gasteiger partial charge in [0, 0.05) is 5.57 Å². The smallest absolute Gasteiger partial charge is 0.260 e. The molecule has 0 aliphatic heterocycles. The number of carbonyl (C=O) groups is 1. The maximum absolute atomic E-state index is 12.0. The Morgan fingerprint density at radius 2 is 2.00 bits per heavy atom. The molecule has 4 heteroatoms. The highest BCUT2D eigenvalue weighted by molar-refractivity contribution is 6.20. The number of rotatable bonds is 2. The number of amides is 1. The fourth-order valence-corrected chi connectivity index (χ4v) is 1.52. The van der Waals surface area contributed by atoms with Crippen LogP contribution >= 0.6 is 0 Å². The Balaban J connectivity index is 3.34. The molecule has 0 aliphatic carbocycles. The zero-order valence-electron chi connectivity index (χ0n) is 10.4. The minimum atomic E-state index is -0.355. The van der Waals surface area contributed by atoms with Crippen molar-refractivity contribution in [1.82, 2.24) is 0 Å². The average molecular weight is 231 g/mol. The van der Waals surface area contributed by atoms with Gasteiger partial charge in [-0.1, -0.05) is 18.7 Å². The summed E-state index contributed by atoms with van der Waals surface area (Å²) in [4.78, 5) is 13.1. The summed E-state index contributed by atoms with van der Waals surface area (Å²) >= 11 is 0. The molecule has 0 atom stereocenters. The van der Waals surface area contributed by atoms with Crippen LogP contribution in [0.1, 0.15) is 18.1 Å². The number of hydrogen-bond donors (Lipinski definition) is 2. The summed E-state index contributed by atoms with van der Waals surface area (Å²) in [5.74, 6) is -0.655. The first-order chi connectivity index (χ1) is 7.86. The summed E-state index contributed by atoms with van der Waals surface area (Å²) in [6.45, 7) is 9.04. The molecule has 0 radical (unpaired) electrons. The molecule has 17 heavy (non-hydrogen) atoms. The summed E-state index contributed by atoms with van der Waals surface area (Å²) in [6.07, 6.45) is 0. The Morgan fingerprint density at radius 3 is 2.47 bits per heavy atom. The van der Waals surface area contributed by atoms with Crippen molar-refractivity contribution in [2.24, 2.45) is 5.73 Å². The predicted molar refractivity (Wildman–Crippen MR) is 70.1 cm³/mol. The van der Waals surface area contributed by atoms with Crippen LogP contribution in [0.5, 0.6) is 0 Å². The first-order valence-corrected chi connectivity index (χ1v) is 5.26. The molecule has 1 amide bonds. The molecule has 1 aromatic carbocycles. The number of guanidine groups is 1. The molecule has 0 spiro atoms. The molecule has 3 N–H and O–H groups in total. The number of nitrogens with one attached hydrogen (secondary N) is 1. The van der Waals surface area contributed by atoms with Gasteiger partial charge in [-0.3, -0.25) is 10.2 Å². The van der Waals surface area contributed by atoms with E-state index in [-0.39, 0.29) is 11.9 Å². The second kappa shape index (κ2) is 4.82. The van der Waals surface area contributed by atoms with Crippen molar-refractivity contribution in [2.75, 3.05) is 4.90 Å². The first-order valence-electron chi connectivity index (χ1n) is 5.26. The minimum Gasteiger partial charge on any atom is -0.369 e. The molecule has 0 heterocycles. The lowest BCUT2D eigenvalue weighted by atomic mass is 10.1. The molecule has 0 bridgehead atoms. The van der Waals surface area contributed by atoms with Crippen LogP contribution in [0.3, 0.4) is 0 Å². The number of nitrogens with zero attached hydrogens (tertiary/aromatic N) is 1. The molecule has 0 saturated carbocycles. The summed E-state index contributed by atoms with van der Waals surface area (Å²) < 4.78 is 0. The molecule has 0 aliphatic rings. The molecule has 1 rings (SSSR count). The molecule has 0 fully saturated rings. The maximum atomic E-state index is 12.0. The third kappa shape index (κ3) is 2.53. The van der Waals surface area contributed by atoms with Gasteiger partial charge in [-0.15, -0.1) is 0 Å². The van der Waals surface area contributed by atoms with E-state index in [4.69, 9.17) is 11.1 Å². The van der Waals surface area contributed by atoms with Crippen LogP contribution in [0.15, 0.2) is 30.4 Å². The van der Waals surface area contributed by atoms with E-state index in [1.807, 2.05) is 26.0 Å². The zero-order valence-corrected chi connectivity index (χ0v) is 10.4. The van der Waals surface area contributed by atoms with E-state index in [9.17, 15) is 4.79 Å². The summed E-state index contributed by atoms with van der Waals surface area (Å²) in [7, 11) is 0. The number of hydrogen-bond acceptors (Lipinski definition) is 2. The molecule has 0 saturated heterocycles. The quantitative estimate of drug-likeness (QED) is 0.465. The maximum Gasteiger partial charge on any atom is 0.260 e. The van der Waals surface area contributed by atoms with E-state index >= 15 is 0 Å². The largest absolute Gasteiger partial charge is 0.369 e. The molecule has 0 unspecified atom stereocenters. The van der Waals surface area contributed by atoms with Crippen LogP contribution in [0.2, 0.25) is 0 Å². The van der Waals surface area contributed by atoms with Crippen molar-refractivity contribution in [3.05, 3.63) is 41.5 Å². The van der Waals surface area contributed by atoms with Gasteiger partial charge in [0.1, 0.15) is 0 Å². The van der Waals surface area contributed by atoms with E-state index in [1.54, 1.807) is 13.0 Å². The monoisotopic (exact) mass is 231 g/mol. The Kier molecular flexibility index (Phi) is 3.68. The van der Waals surface area contributed by atoms with Gasteiger partial charge in [0.2, 0.25) is 0 Å². The normalized spacial score (nSPS) is 9.82. The summed E-state index contributed by atoms with van der Waals surface area (Å²) in [6, 6.07) is 5.55. The summed E-state index contributed by atoms with van der Waals surface area (Å²) in [5.41, 5.74) is 8.42. The van der Waals surface area contributed by atoms with E-state index < -0.39 is 0 Å². The van der Waals surface area contributed by atoms with Crippen molar-refractivity contribution in [1.29, 1.82) is 5.41 Å². The number of aryl methyl sites for hydroxylation is 1. The number of benzene rings is 1. The van der Waals surface area contributed by atoms with Gasteiger partial charge in [-0.05, 0) is 38.0 Å². The second-order valence-electron chi connectivity index (χ2n) is 4.03. The third-order valence-corrected chi connectivity index (χ3v) is 2.63. The van der Waals surface area contributed by atoms with E-state index in [1.165, 1.54) is 4.90 Å². The molecule has 0 aromatic heterocycles. The minimum absolute atomic E-state index is 0.299. The predicted octanol–water partition coefficient (Wildman–Crippen LogP) is 2.11. The van der Waals surface area contributed by atoms with E-state index in [0.717, 1.165) is 11.1 Å². The van der Waals surface area contributed by atoms with Crippen LogP contribution in [0, 0.1) is 19.3 Å². The molecule has 4 nitrogen and oxygen atoms in total. The van der Waals surface area contributed by atoms with Crippen molar-refractivity contribution in [2.45, 2.75) is 20.8 Å². The Morgan fingerprint density at radius 1 is 1.41 bits per heavy atom. The van der Waals surface area contributed by atoms with Crippen LogP contribution < -0.4 is 10.6 Å². The van der Waals surface area contributed by atoms with Gasteiger partial charge < -0.3 is 5.73 Å². The molecule has 90 valence electrons. The van der Waals surface area contributed by atoms with Gasteiger partial charge >= 0.3 is 0 Å². The number of nitrogens with two attached hydrogens (primary N) is 1. The van der Waals surface area contributed by atoms with Crippen molar-refractivity contribution >= 4 is 17.6 Å². The average Bonchev–Trinajstić information content (AvgIpc) is 2.23. The van der Waals surface area contributed by atoms with Gasteiger partial charge in [-0.2, -0.15) is 0 Å². The van der Waals surface area contributed by atoms with Crippen LogP contribution in [-0.2, 0) is 4.79 Å². The summed E-state index contributed by atoms with van der Waals surface area (Å²) in [5, 5.41) is 7.52.